The van der Waals surface area contributed by atoms with Crippen LogP contribution in [0.1, 0.15) is 16.8 Å². The van der Waals surface area contributed by atoms with E-state index in [4.69, 9.17) is 5.73 Å². The number of carbonyl (C=O) groups is 1. The molecule has 104 valence electrons. The van der Waals surface area contributed by atoms with Crippen molar-refractivity contribution in [2.24, 2.45) is 7.05 Å². The first-order chi connectivity index (χ1) is 9.56. The highest BCUT2D eigenvalue weighted by Gasteiger charge is 2.04. The Morgan fingerprint density at radius 1 is 1.50 bits per heavy atom. The van der Waals surface area contributed by atoms with Crippen LogP contribution in [0.5, 0.6) is 0 Å². The summed E-state index contributed by atoms with van der Waals surface area (Å²) in [4.78, 5) is 11.7. The number of carbonyl (C=O) groups excluding carboxylic acids is 1. The fraction of sp³-hybridized carbons (Fsp3) is 0.200. The normalized spacial score (nSPS) is 10.9. The largest absolute Gasteiger partial charge is 0.399 e. The summed E-state index contributed by atoms with van der Waals surface area (Å²) in [7, 11) is 1.88. The topological polar surface area (TPSA) is 72.9 Å². The molecule has 0 saturated carbocycles. The van der Waals surface area contributed by atoms with Crippen molar-refractivity contribution in [2.75, 3.05) is 5.73 Å². The number of hydrogen-bond donors (Lipinski definition) is 2. The minimum Gasteiger partial charge on any atom is -0.399 e. The number of rotatable bonds is 4. The van der Waals surface area contributed by atoms with Gasteiger partial charge in [-0.25, -0.2) is 0 Å². The second-order valence-electron chi connectivity index (χ2n) is 4.60. The zero-order valence-electron chi connectivity index (χ0n) is 11.6. The first kappa shape index (κ1) is 13.9. The van der Waals surface area contributed by atoms with E-state index in [1.807, 2.05) is 38.2 Å². The summed E-state index contributed by atoms with van der Waals surface area (Å²) in [6, 6.07) is 7.37. The van der Waals surface area contributed by atoms with Gasteiger partial charge in [0.1, 0.15) is 0 Å². The average molecular weight is 270 g/mol. The van der Waals surface area contributed by atoms with Gasteiger partial charge in [0.25, 0.3) is 0 Å². The van der Waals surface area contributed by atoms with Crippen LogP contribution in [0.2, 0.25) is 0 Å². The molecule has 0 aliphatic heterocycles. The average Bonchev–Trinajstić information content (AvgIpc) is 2.74. The Labute approximate surface area is 118 Å². The van der Waals surface area contributed by atoms with E-state index in [9.17, 15) is 4.79 Å². The van der Waals surface area contributed by atoms with Crippen LogP contribution in [0, 0.1) is 6.92 Å². The summed E-state index contributed by atoms with van der Waals surface area (Å²) in [5, 5.41) is 6.96. The van der Waals surface area contributed by atoms with E-state index in [-0.39, 0.29) is 5.91 Å². The molecule has 2 aromatic rings. The van der Waals surface area contributed by atoms with Crippen molar-refractivity contribution in [3.63, 3.8) is 0 Å². The van der Waals surface area contributed by atoms with Crippen LogP contribution >= 0.6 is 0 Å². The molecular weight excluding hydrogens is 252 g/mol. The standard InChI is InChI=1S/C15H18N4O/c1-11-13(10-18-19(11)2)9-17-15(20)7-6-12-4-3-5-14(16)8-12/h3-8,10H,9,16H2,1-2H3,(H,17,20)/b7-6+. The van der Waals surface area contributed by atoms with Crippen LogP contribution in [0.4, 0.5) is 5.69 Å². The first-order valence-corrected chi connectivity index (χ1v) is 6.35. The fourth-order valence-corrected chi connectivity index (χ4v) is 1.79. The highest BCUT2D eigenvalue weighted by molar-refractivity contribution is 5.91. The Kier molecular flexibility index (Phi) is 4.20. The lowest BCUT2D eigenvalue weighted by atomic mass is 10.2. The summed E-state index contributed by atoms with van der Waals surface area (Å²) >= 11 is 0. The fourth-order valence-electron chi connectivity index (χ4n) is 1.79. The van der Waals surface area contributed by atoms with E-state index < -0.39 is 0 Å². The number of nitrogen functional groups attached to an aromatic ring is 1. The van der Waals surface area contributed by atoms with Crippen LogP contribution in [0.25, 0.3) is 6.08 Å². The molecule has 1 heterocycles. The quantitative estimate of drug-likeness (QED) is 0.655. The number of hydrogen-bond acceptors (Lipinski definition) is 3. The van der Waals surface area contributed by atoms with Gasteiger partial charge in [-0.2, -0.15) is 5.10 Å². The Bertz CT molecular complexity index is 643. The van der Waals surface area contributed by atoms with Crippen molar-refractivity contribution < 1.29 is 4.79 Å². The Morgan fingerprint density at radius 2 is 2.30 bits per heavy atom. The molecule has 0 saturated heterocycles. The molecule has 0 spiro atoms. The van der Waals surface area contributed by atoms with Crippen LogP contribution in [-0.2, 0) is 18.4 Å². The second kappa shape index (κ2) is 6.06. The highest BCUT2D eigenvalue weighted by atomic mass is 16.1. The van der Waals surface area contributed by atoms with Crippen LogP contribution in [0.15, 0.2) is 36.5 Å². The third-order valence-electron chi connectivity index (χ3n) is 3.13. The molecule has 2 rings (SSSR count). The van der Waals surface area contributed by atoms with E-state index in [1.54, 1.807) is 17.0 Å². The Balaban J connectivity index is 1.91. The van der Waals surface area contributed by atoms with Crippen molar-refractivity contribution >= 4 is 17.7 Å². The highest BCUT2D eigenvalue weighted by Crippen LogP contribution is 2.08. The monoisotopic (exact) mass is 270 g/mol. The van der Waals surface area contributed by atoms with Gasteiger partial charge in [-0.3, -0.25) is 9.48 Å². The van der Waals surface area contributed by atoms with E-state index in [0.717, 1.165) is 16.8 Å². The van der Waals surface area contributed by atoms with Crippen LogP contribution in [-0.4, -0.2) is 15.7 Å². The minimum absolute atomic E-state index is 0.143. The summed E-state index contributed by atoms with van der Waals surface area (Å²) in [5.74, 6) is -0.143. The molecule has 1 aromatic carbocycles. The predicted octanol–water partition coefficient (Wildman–Crippen LogP) is 1.64. The Morgan fingerprint density at radius 3 is 2.95 bits per heavy atom. The molecule has 0 fully saturated rings. The van der Waals surface area contributed by atoms with Gasteiger partial charge in [0.05, 0.1) is 6.20 Å². The maximum absolute atomic E-state index is 11.7. The number of aryl methyl sites for hydroxylation is 1. The molecule has 0 bridgehead atoms. The third-order valence-corrected chi connectivity index (χ3v) is 3.13. The number of benzene rings is 1. The molecule has 0 unspecified atom stereocenters. The number of aromatic nitrogens is 2. The van der Waals surface area contributed by atoms with Crippen molar-refractivity contribution in [2.45, 2.75) is 13.5 Å². The van der Waals surface area contributed by atoms with Gasteiger partial charge >= 0.3 is 0 Å². The van der Waals surface area contributed by atoms with Crippen molar-refractivity contribution in [1.82, 2.24) is 15.1 Å². The first-order valence-electron chi connectivity index (χ1n) is 6.35. The Hall–Kier alpha value is -2.56. The van der Waals surface area contributed by atoms with Gasteiger partial charge < -0.3 is 11.1 Å². The smallest absolute Gasteiger partial charge is 0.244 e. The van der Waals surface area contributed by atoms with Crippen LogP contribution < -0.4 is 11.1 Å². The van der Waals surface area contributed by atoms with Gasteiger partial charge in [-0.1, -0.05) is 12.1 Å². The molecule has 0 aliphatic carbocycles. The van der Waals surface area contributed by atoms with Gasteiger partial charge in [-0.05, 0) is 30.7 Å². The molecule has 0 atom stereocenters. The number of nitrogens with one attached hydrogen (secondary N) is 1. The number of anilines is 1. The molecule has 0 radical (unpaired) electrons. The zero-order chi connectivity index (χ0) is 14.5. The number of nitrogens with zero attached hydrogens (tertiary/aromatic N) is 2. The van der Waals surface area contributed by atoms with Crippen LogP contribution in [0.3, 0.4) is 0 Å². The van der Waals surface area contributed by atoms with Crippen molar-refractivity contribution in [3.8, 4) is 0 Å². The second-order valence-corrected chi connectivity index (χ2v) is 4.60. The summed E-state index contributed by atoms with van der Waals surface area (Å²) in [6.45, 7) is 2.44. The number of amides is 1. The zero-order valence-corrected chi connectivity index (χ0v) is 11.6. The van der Waals surface area contributed by atoms with E-state index in [1.165, 1.54) is 6.08 Å². The lowest BCUT2D eigenvalue weighted by Crippen LogP contribution is -2.20. The summed E-state index contributed by atoms with van der Waals surface area (Å²) in [5.41, 5.74) is 9.31. The maximum Gasteiger partial charge on any atom is 0.244 e. The maximum atomic E-state index is 11.7. The van der Waals surface area contributed by atoms with Gasteiger partial charge in [0.2, 0.25) is 5.91 Å². The molecule has 5 heteroatoms. The molecule has 20 heavy (non-hydrogen) atoms. The molecular formula is C15H18N4O. The molecule has 0 aliphatic rings. The predicted molar refractivity (Wildman–Crippen MR) is 79.7 cm³/mol. The lowest BCUT2D eigenvalue weighted by molar-refractivity contribution is -0.116. The van der Waals surface area contributed by atoms with E-state index >= 15 is 0 Å². The van der Waals surface area contributed by atoms with Gasteiger partial charge in [-0.15, -0.1) is 0 Å². The third kappa shape index (κ3) is 3.47. The lowest BCUT2D eigenvalue weighted by Gasteiger charge is -2.02. The number of nitrogens with two attached hydrogens (primary N) is 1. The van der Waals surface area contributed by atoms with Gasteiger partial charge in [0.15, 0.2) is 0 Å². The SMILES string of the molecule is Cc1c(CNC(=O)/C=C/c2cccc(N)c2)cnn1C. The van der Waals surface area contributed by atoms with Gasteiger partial charge in [0, 0.05) is 36.6 Å². The molecule has 1 aromatic heterocycles. The molecule has 5 nitrogen and oxygen atoms in total. The van der Waals surface area contributed by atoms with Crippen molar-refractivity contribution in [3.05, 3.63) is 53.4 Å². The van der Waals surface area contributed by atoms with E-state index in [0.29, 0.717) is 12.2 Å². The molecule has 1 amide bonds. The van der Waals surface area contributed by atoms with Crippen molar-refractivity contribution in [1.29, 1.82) is 0 Å². The summed E-state index contributed by atoms with van der Waals surface area (Å²) < 4.78 is 1.78. The molecule has 3 N–H and O–H groups in total. The van der Waals surface area contributed by atoms with E-state index in [2.05, 4.69) is 10.4 Å². The minimum atomic E-state index is -0.143. The summed E-state index contributed by atoms with van der Waals surface area (Å²) in [6.07, 6.45) is 5.00.